The number of hydrogen-bond acceptors (Lipinski definition) is 3. The van der Waals surface area contributed by atoms with Gasteiger partial charge in [0.15, 0.2) is 0 Å². The molecule has 0 saturated heterocycles. The van der Waals surface area contributed by atoms with E-state index in [2.05, 4.69) is 15.9 Å². The molecule has 0 fully saturated rings. The molecule has 1 rings (SSSR count). The lowest BCUT2D eigenvalue weighted by Crippen LogP contribution is -2.25. The zero-order valence-electron chi connectivity index (χ0n) is 8.78. The lowest BCUT2D eigenvalue weighted by Gasteiger charge is -2.14. The van der Waals surface area contributed by atoms with Crippen LogP contribution in [0, 0.1) is 11.3 Å². The van der Waals surface area contributed by atoms with E-state index in [1.807, 2.05) is 0 Å². The van der Waals surface area contributed by atoms with Crippen LogP contribution < -0.4 is 0 Å². The van der Waals surface area contributed by atoms with Gasteiger partial charge in [-0.05, 0) is 11.6 Å². The maximum absolute atomic E-state index is 12.5. The quantitative estimate of drug-likeness (QED) is 0.794. The van der Waals surface area contributed by atoms with Crippen LogP contribution >= 0.6 is 15.9 Å². The van der Waals surface area contributed by atoms with Gasteiger partial charge in [0, 0.05) is 5.33 Å². The van der Waals surface area contributed by atoms with Crippen molar-refractivity contribution in [3.8, 4) is 6.07 Å². The van der Waals surface area contributed by atoms with E-state index < -0.39 is 26.2 Å². The summed E-state index contributed by atoms with van der Waals surface area (Å²) >= 11 is 2.97. The topological polar surface area (TPSA) is 57.9 Å². The minimum atomic E-state index is -5.44. The molecule has 1 atom stereocenters. The summed E-state index contributed by atoms with van der Waals surface area (Å²) in [6.07, 6.45) is 0. The summed E-state index contributed by atoms with van der Waals surface area (Å²) in [5.74, 6) is -0.960. The SMILES string of the molecule is N#CC(CBr)c1ccccc1S(=O)(=O)C(F)(F)F. The summed E-state index contributed by atoms with van der Waals surface area (Å²) in [5.41, 5.74) is -5.54. The Morgan fingerprint density at radius 1 is 1.33 bits per heavy atom. The average molecular weight is 342 g/mol. The van der Waals surface area contributed by atoms with Crippen LogP contribution in [-0.4, -0.2) is 19.3 Å². The van der Waals surface area contributed by atoms with Crippen LogP contribution in [0.3, 0.4) is 0 Å². The number of nitriles is 1. The molecule has 0 aliphatic heterocycles. The molecular formula is C10H7BrF3NO2S. The molecule has 0 N–H and O–H groups in total. The number of sulfone groups is 1. The zero-order valence-corrected chi connectivity index (χ0v) is 11.2. The molecule has 1 unspecified atom stereocenters. The van der Waals surface area contributed by atoms with E-state index >= 15 is 0 Å². The van der Waals surface area contributed by atoms with Crippen molar-refractivity contribution in [3.05, 3.63) is 29.8 Å². The van der Waals surface area contributed by atoms with Gasteiger partial charge in [0.1, 0.15) is 0 Å². The van der Waals surface area contributed by atoms with Crippen molar-refractivity contribution in [2.45, 2.75) is 16.3 Å². The van der Waals surface area contributed by atoms with E-state index in [1.165, 1.54) is 18.2 Å². The Kier molecular flexibility index (Phi) is 4.40. The van der Waals surface area contributed by atoms with Gasteiger partial charge in [-0.3, -0.25) is 0 Å². The van der Waals surface area contributed by atoms with Gasteiger partial charge in [-0.15, -0.1) is 0 Å². The van der Waals surface area contributed by atoms with Gasteiger partial charge in [-0.25, -0.2) is 8.42 Å². The predicted molar refractivity (Wildman–Crippen MR) is 61.8 cm³/mol. The number of alkyl halides is 4. The molecule has 0 radical (unpaired) electrons. The highest BCUT2D eigenvalue weighted by atomic mass is 79.9. The molecule has 1 aromatic carbocycles. The normalized spacial score (nSPS) is 13.9. The first-order valence-corrected chi connectivity index (χ1v) is 7.22. The molecule has 0 aromatic heterocycles. The molecule has 0 heterocycles. The van der Waals surface area contributed by atoms with Gasteiger partial charge in [-0.1, -0.05) is 34.1 Å². The monoisotopic (exact) mass is 341 g/mol. The number of benzene rings is 1. The lowest BCUT2D eigenvalue weighted by atomic mass is 10.0. The van der Waals surface area contributed by atoms with Gasteiger partial charge in [0.2, 0.25) is 0 Å². The summed E-state index contributed by atoms with van der Waals surface area (Å²) in [4.78, 5) is -0.872. The minimum Gasteiger partial charge on any atom is -0.214 e. The van der Waals surface area contributed by atoms with Gasteiger partial charge >= 0.3 is 5.51 Å². The Bertz CT molecular complexity index is 578. The fourth-order valence-electron chi connectivity index (χ4n) is 1.32. The number of rotatable bonds is 3. The number of nitrogens with zero attached hydrogens (tertiary/aromatic N) is 1. The summed E-state index contributed by atoms with van der Waals surface area (Å²) in [6.45, 7) is 0. The minimum absolute atomic E-state index is 0.0495. The molecular weight excluding hydrogens is 335 g/mol. The molecule has 0 aliphatic rings. The largest absolute Gasteiger partial charge is 0.501 e. The van der Waals surface area contributed by atoms with E-state index in [0.29, 0.717) is 0 Å². The highest BCUT2D eigenvalue weighted by Gasteiger charge is 2.48. The predicted octanol–water partition coefficient (Wildman–Crippen LogP) is 2.98. The molecule has 0 saturated carbocycles. The molecule has 0 spiro atoms. The van der Waals surface area contributed by atoms with Crippen LogP contribution in [0.4, 0.5) is 13.2 Å². The molecule has 3 nitrogen and oxygen atoms in total. The fourth-order valence-corrected chi connectivity index (χ4v) is 2.85. The average Bonchev–Trinajstić information content (AvgIpc) is 2.29. The van der Waals surface area contributed by atoms with E-state index in [0.717, 1.165) is 6.07 Å². The first kappa shape index (κ1) is 15.0. The van der Waals surface area contributed by atoms with Gasteiger partial charge < -0.3 is 0 Å². The van der Waals surface area contributed by atoms with Crippen molar-refractivity contribution in [3.63, 3.8) is 0 Å². The molecule has 0 bridgehead atoms. The summed E-state index contributed by atoms with van der Waals surface area (Å²) in [6, 6.07) is 6.38. The van der Waals surface area contributed by atoms with Crippen molar-refractivity contribution in [2.24, 2.45) is 0 Å². The number of hydrogen-bond donors (Lipinski definition) is 0. The molecule has 0 aliphatic carbocycles. The fraction of sp³-hybridized carbons (Fsp3) is 0.300. The molecule has 98 valence electrons. The van der Waals surface area contributed by atoms with Crippen LogP contribution in [0.1, 0.15) is 11.5 Å². The highest BCUT2D eigenvalue weighted by Crippen LogP contribution is 2.34. The molecule has 0 amide bonds. The molecule has 18 heavy (non-hydrogen) atoms. The summed E-state index contributed by atoms with van der Waals surface area (Å²) in [7, 11) is -5.44. The van der Waals surface area contributed by atoms with Crippen molar-refractivity contribution >= 4 is 25.8 Å². The van der Waals surface area contributed by atoms with Gasteiger partial charge in [0.25, 0.3) is 9.84 Å². The Hall–Kier alpha value is -1.07. The van der Waals surface area contributed by atoms with Gasteiger partial charge in [-0.2, -0.15) is 18.4 Å². The smallest absolute Gasteiger partial charge is 0.214 e. The third-order valence-electron chi connectivity index (χ3n) is 2.20. The van der Waals surface area contributed by atoms with Crippen LogP contribution in [0.2, 0.25) is 0 Å². The summed E-state index contributed by atoms with van der Waals surface area (Å²) < 4.78 is 60.2. The Morgan fingerprint density at radius 2 is 1.89 bits per heavy atom. The van der Waals surface area contributed by atoms with Gasteiger partial charge in [0.05, 0.1) is 16.9 Å². The van der Waals surface area contributed by atoms with E-state index in [9.17, 15) is 21.6 Å². The second-order valence-electron chi connectivity index (χ2n) is 3.32. The van der Waals surface area contributed by atoms with E-state index in [1.54, 1.807) is 6.07 Å². The maximum atomic E-state index is 12.5. The van der Waals surface area contributed by atoms with Crippen LogP contribution in [0.15, 0.2) is 29.2 Å². The van der Waals surface area contributed by atoms with Crippen molar-refractivity contribution < 1.29 is 21.6 Å². The van der Waals surface area contributed by atoms with Crippen molar-refractivity contribution in [2.75, 3.05) is 5.33 Å². The Balaban J connectivity index is 3.50. The van der Waals surface area contributed by atoms with Crippen molar-refractivity contribution in [1.82, 2.24) is 0 Å². The molecule has 1 aromatic rings. The van der Waals surface area contributed by atoms with E-state index in [-0.39, 0.29) is 10.9 Å². The second-order valence-corrected chi connectivity index (χ2v) is 5.88. The van der Waals surface area contributed by atoms with Crippen LogP contribution in [0.25, 0.3) is 0 Å². The Labute approximate surface area is 110 Å². The number of halogens is 4. The van der Waals surface area contributed by atoms with Crippen LogP contribution in [-0.2, 0) is 9.84 Å². The third kappa shape index (κ3) is 2.67. The van der Waals surface area contributed by atoms with E-state index in [4.69, 9.17) is 5.26 Å². The van der Waals surface area contributed by atoms with Crippen molar-refractivity contribution in [1.29, 1.82) is 5.26 Å². The Morgan fingerprint density at radius 3 is 2.33 bits per heavy atom. The maximum Gasteiger partial charge on any atom is 0.501 e. The first-order chi connectivity index (χ1) is 8.25. The first-order valence-electron chi connectivity index (χ1n) is 4.61. The summed E-state index contributed by atoms with van der Waals surface area (Å²) in [5, 5.41) is 8.87. The third-order valence-corrected chi connectivity index (χ3v) is 4.41. The second kappa shape index (κ2) is 5.28. The highest BCUT2D eigenvalue weighted by molar-refractivity contribution is 9.09. The lowest BCUT2D eigenvalue weighted by molar-refractivity contribution is -0.0436. The zero-order chi connectivity index (χ0) is 14.0. The standard InChI is InChI=1S/C10H7BrF3NO2S/c11-5-7(6-15)8-3-1-2-4-9(8)18(16,17)10(12,13)14/h1-4,7H,5H2. The van der Waals surface area contributed by atoms with Crippen LogP contribution in [0.5, 0.6) is 0 Å². The molecule has 8 heteroatoms.